The molecule has 1 amide bonds. The molecular formula is C22H26N4O5S2. The van der Waals surface area contributed by atoms with E-state index in [0.717, 1.165) is 17.0 Å². The van der Waals surface area contributed by atoms with Crippen molar-refractivity contribution in [1.82, 2.24) is 14.8 Å². The molecule has 0 saturated carbocycles. The number of hydrogen-bond acceptors (Lipinski definition) is 9. The van der Waals surface area contributed by atoms with Gasteiger partial charge in [0, 0.05) is 11.9 Å². The zero-order valence-corrected chi connectivity index (χ0v) is 20.7. The molecule has 0 aliphatic heterocycles. The average Bonchev–Trinajstić information content (AvgIpc) is 3.40. The van der Waals surface area contributed by atoms with Crippen molar-refractivity contribution < 1.29 is 23.8 Å². The quantitative estimate of drug-likeness (QED) is 0.335. The zero-order chi connectivity index (χ0) is 24.0. The van der Waals surface area contributed by atoms with E-state index in [-0.39, 0.29) is 17.8 Å². The summed E-state index contributed by atoms with van der Waals surface area (Å²) in [4.78, 5) is 25.5. The number of benzene rings is 1. The van der Waals surface area contributed by atoms with Crippen LogP contribution < -0.4 is 14.8 Å². The van der Waals surface area contributed by atoms with Gasteiger partial charge in [-0.25, -0.2) is 4.79 Å². The minimum Gasteiger partial charge on any atom is -0.497 e. The Labute approximate surface area is 200 Å². The summed E-state index contributed by atoms with van der Waals surface area (Å²) >= 11 is 2.62. The predicted octanol–water partition coefficient (Wildman–Crippen LogP) is 4.11. The number of thiophene rings is 1. The van der Waals surface area contributed by atoms with E-state index in [4.69, 9.17) is 14.2 Å². The lowest BCUT2D eigenvalue weighted by atomic mass is 10.2. The van der Waals surface area contributed by atoms with Gasteiger partial charge in [0.15, 0.2) is 17.1 Å². The fourth-order valence-corrected chi connectivity index (χ4v) is 4.70. The number of nitrogens with zero attached hydrogens (tertiary/aromatic N) is 3. The summed E-state index contributed by atoms with van der Waals surface area (Å²) in [6, 6.07) is 9.03. The maximum Gasteiger partial charge on any atom is 0.340 e. The van der Waals surface area contributed by atoms with Gasteiger partial charge in [0.25, 0.3) is 0 Å². The number of hydrogen-bond donors (Lipinski definition) is 1. The van der Waals surface area contributed by atoms with Crippen LogP contribution in [0.2, 0.25) is 0 Å². The van der Waals surface area contributed by atoms with Crippen molar-refractivity contribution in [3.8, 4) is 11.5 Å². The van der Waals surface area contributed by atoms with Gasteiger partial charge >= 0.3 is 5.97 Å². The number of ether oxygens (including phenoxy) is 3. The zero-order valence-electron chi connectivity index (χ0n) is 19.1. The molecular weight excluding hydrogens is 464 g/mol. The van der Waals surface area contributed by atoms with Gasteiger partial charge in [-0.2, -0.15) is 0 Å². The monoisotopic (exact) mass is 490 g/mol. The minimum absolute atomic E-state index is 0.111. The summed E-state index contributed by atoms with van der Waals surface area (Å²) in [7, 11) is 4.75. The number of carbonyl (C=O) groups excluding carboxylic acids is 2. The minimum atomic E-state index is -0.474. The predicted molar refractivity (Wildman–Crippen MR) is 127 cm³/mol. The number of thioether (sulfide) groups is 1. The Morgan fingerprint density at radius 1 is 1.18 bits per heavy atom. The normalized spacial score (nSPS) is 11.7. The fraction of sp³-hybridized carbons (Fsp3) is 0.364. The third kappa shape index (κ3) is 6.05. The summed E-state index contributed by atoms with van der Waals surface area (Å²) in [5, 5.41) is 12.3. The van der Waals surface area contributed by atoms with Gasteiger partial charge in [-0.05, 0) is 43.7 Å². The van der Waals surface area contributed by atoms with Crippen LogP contribution in [0.15, 0.2) is 35.5 Å². The first-order valence-corrected chi connectivity index (χ1v) is 12.0. The number of nitrogens with one attached hydrogen (secondary N) is 1. The van der Waals surface area contributed by atoms with E-state index < -0.39 is 5.97 Å². The first-order chi connectivity index (χ1) is 15.9. The largest absolute Gasteiger partial charge is 0.497 e. The van der Waals surface area contributed by atoms with Crippen LogP contribution in [0.5, 0.6) is 11.5 Å². The Balaban J connectivity index is 1.60. The van der Waals surface area contributed by atoms with Crippen LogP contribution in [0.1, 0.15) is 41.0 Å². The van der Waals surface area contributed by atoms with E-state index in [1.165, 1.54) is 30.2 Å². The van der Waals surface area contributed by atoms with Crippen molar-refractivity contribution in [1.29, 1.82) is 0 Å². The number of aromatic nitrogens is 3. The molecule has 176 valence electrons. The highest BCUT2D eigenvalue weighted by Gasteiger charge is 2.20. The molecule has 11 heteroatoms. The van der Waals surface area contributed by atoms with Gasteiger partial charge in [-0.3, -0.25) is 4.79 Å². The molecule has 0 saturated heterocycles. The lowest BCUT2D eigenvalue weighted by Crippen LogP contribution is -2.16. The molecule has 1 atom stereocenters. The SMILES string of the molecule is CCc1cc(C(=O)OC)c(NC(=O)CSc2nnc(C(C)Oc3ccc(OC)cc3)n2C)s1. The third-order valence-corrected chi connectivity index (χ3v) is 6.94. The number of rotatable bonds is 10. The molecule has 3 rings (SSSR count). The van der Waals surface area contributed by atoms with E-state index in [1.54, 1.807) is 17.7 Å². The van der Waals surface area contributed by atoms with Crippen LogP contribution in [-0.4, -0.2) is 46.6 Å². The summed E-state index contributed by atoms with van der Waals surface area (Å²) in [6.07, 6.45) is 0.415. The Hall–Kier alpha value is -3.05. The van der Waals surface area contributed by atoms with Crippen molar-refractivity contribution in [2.24, 2.45) is 7.05 Å². The van der Waals surface area contributed by atoms with Crippen molar-refractivity contribution >= 4 is 40.0 Å². The Kier molecular flexibility index (Phi) is 8.34. The van der Waals surface area contributed by atoms with Crippen molar-refractivity contribution in [2.45, 2.75) is 31.5 Å². The maximum atomic E-state index is 12.5. The Bertz CT molecular complexity index is 1110. The molecule has 33 heavy (non-hydrogen) atoms. The first-order valence-electron chi connectivity index (χ1n) is 10.2. The number of amides is 1. The van der Waals surface area contributed by atoms with Gasteiger partial charge in [0.1, 0.15) is 16.5 Å². The fourth-order valence-electron chi connectivity index (χ4n) is 2.98. The maximum absolute atomic E-state index is 12.5. The van der Waals surface area contributed by atoms with Gasteiger partial charge in [-0.1, -0.05) is 18.7 Å². The summed E-state index contributed by atoms with van der Waals surface area (Å²) < 4.78 is 17.7. The number of anilines is 1. The van der Waals surface area contributed by atoms with Crippen LogP contribution in [-0.2, 0) is 23.0 Å². The number of carbonyl (C=O) groups is 2. The summed E-state index contributed by atoms with van der Waals surface area (Å²) in [5.74, 6) is 1.45. The van der Waals surface area contributed by atoms with Gasteiger partial charge in [0.2, 0.25) is 5.91 Å². The second-order valence-corrected chi connectivity index (χ2v) is 9.05. The molecule has 1 N–H and O–H groups in total. The Morgan fingerprint density at radius 3 is 2.52 bits per heavy atom. The molecule has 3 aromatic rings. The average molecular weight is 491 g/mol. The molecule has 9 nitrogen and oxygen atoms in total. The van der Waals surface area contributed by atoms with Crippen LogP contribution in [0, 0.1) is 0 Å². The number of methoxy groups -OCH3 is 2. The second kappa shape index (κ2) is 11.2. The van der Waals surface area contributed by atoms with Gasteiger partial charge < -0.3 is 24.1 Å². The molecule has 1 aromatic carbocycles. The molecule has 0 spiro atoms. The van der Waals surface area contributed by atoms with Crippen LogP contribution in [0.4, 0.5) is 5.00 Å². The summed E-state index contributed by atoms with van der Waals surface area (Å²) in [6.45, 7) is 3.87. The van der Waals surface area contributed by atoms with Crippen LogP contribution in [0.25, 0.3) is 0 Å². The van der Waals surface area contributed by atoms with E-state index >= 15 is 0 Å². The molecule has 0 fully saturated rings. The van der Waals surface area contributed by atoms with E-state index in [9.17, 15) is 9.59 Å². The molecule has 0 aliphatic carbocycles. The van der Waals surface area contributed by atoms with Crippen molar-refractivity contribution in [3.05, 3.63) is 46.6 Å². The summed E-state index contributed by atoms with van der Waals surface area (Å²) in [5.41, 5.74) is 0.364. The third-order valence-electron chi connectivity index (χ3n) is 4.73. The highest BCUT2D eigenvalue weighted by molar-refractivity contribution is 7.99. The molecule has 2 aromatic heterocycles. The second-order valence-electron chi connectivity index (χ2n) is 6.97. The lowest BCUT2D eigenvalue weighted by molar-refractivity contribution is -0.113. The van der Waals surface area contributed by atoms with Crippen molar-refractivity contribution in [3.63, 3.8) is 0 Å². The standard InChI is InChI=1S/C22H26N4O5S2/c1-6-16-11-17(21(28)30-5)20(33-16)23-18(27)12-32-22-25-24-19(26(22)3)13(2)31-15-9-7-14(29-4)8-10-15/h7-11,13H,6,12H2,1-5H3,(H,23,27). The Morgan fingerprint density at radius 2 is 1.88 bits per heavy atom. The smallest absolute Gasteiger partial charge is 0.340 e. The lowest BCUT2D eigenvalue weighted by Gasteiger charge is -2.14. The molecule has 0 bridgehead atoms. The van der Waals surface area contributed by atoms with Gasteiger partial charge in [0.05, 0.1) is 25.5 Å². The first kappa shape index (κ1) is 24.6. The van der Waals surface area contributed by atoms with E-state index in [0.29, 0.717) is 27.3 Å². The van der Waals surface area contributed by atoms with E-state index in [1.807, 2.05) is 45.2 Å². The van der Waals surface area contributed by atoms with Gasteiger partial charge in [-0.15, -0.1) is 21.5 Å². The molecule has 1 unspecified atom stereocenters. The molecule has 0 aliphatic rings. The highest BCUT2D eigenvalue weighted by atomic mass is 32.2. The molecule has 0 radical (unpaired) electrons. The highest BCUT2D eigenvalue weighted by Crippen LogP contribution is 2.30. The van der Waals surface area contributed by atoms with Crippen LogP contribution >= 0.6 is 23.1 Å². The number of esters is 1. The topological polar surface area (TPSA) is 105 Å². The van der Waals surface area contributed by atoms with Crippen LogP contribution in [0.3, 0.4) is 0 Å². The molecule has 2 heterocycles. The number of aryl methyl sites for hydroxylation is 1. The van der Waals surface area contributed by atoms with E-state index in [2.05, 4.69) is 15.5 Å². The van der Waals surface area contributed by atoms with Crippen molar-refractivity contribution in [2.75, 3.05) is 25.3 Å².